The van der Waals surface area contributed by atoms with Crippen molar-refractivity contribution in [2.24, 2.45) is 0 Å². The summed E-state index contributed by atoms with van der Waals surface area (Å²) in [4.78, 5) is 0. The van der Waals surface area contributed by atoms with E-state index >= 15 is 0 Å². The first-order chi connectivity index (χ1) is 7.59. The molecule has 1 unspecified atom stereocenters. The van der Waals surface area contributed by atoms with Gasteiger partial charge in [-0.2, -0.15) is 4.68 Å². The van der Waals surface area contributed by atoms with Crippen molar-refractivity contribution in [3.05, 3.63) is 33.0 Å². The van der Waals surface area contributed by atoms with E-state index in [2.05, 4.69) is 47.4 Å². The van der Waals surface area contributed by atoms with Gasteiger partial charge in [-0.15, -0.1) is 16.7 Å². The van der Waals surface area contributed by atoms with Crippen LogP contribution in [-0.4, -0.2) is 20.2 Å². The number of benzene rings is 1. The average Bonchev–Trinajstić information content (AvgIpc) is 2.66. The summed E-state index contributed by atoms with van der Waals surface area (Å²) in [6.07, 6.45) is 0. The van der Waals surface area contributed by atoms with Gasteiger partial charge in [-0.05, 0) is 51.5 Å². The maximum absolute atomic E-state index is 6.00. The summed E-state index contributed by atoms with van der Waals surface area (Å²) in [6, 6.07) is 5.76. The Morgan fingerprint density at radius 3 is 2.75 bits per heavy atom. The van der Waals surface area contributed by atoms with Gasteiger partial charge in [0.05, 0.1) is 11.1 Å². The van der Waals surface area contributed by atoms with Gasteiger partial charge in [-0.3, -0.25) is 0 Å². The predicted molar refractivity (Wildman–Crippen MR) is 68.8 cm³/mol. The van der Waals surface area contributed by atoms with E-state index in [1.54, 1.807) is 4.68 Å². The van der Waals surface area contributed by atoms with Crippen LogP contribution in [-0.2, 0) is 0 Å². The number of hydrogen-bond acceptors (Lipinski definition) is 3. The van der Waals surface area contributed by atoms with Gasteiger partial charge in [0.1, 0.15) is 0 Å². The fourth-order valence-electron chi connectivity index (χ4n) is 1.27. The van der Waals surface area contributed by atoms with E-state index in [4.69, 9.17) is 11.6 Å². The smallest absolute Gasteiger partial charge is 0.174 e. The molecule has 0 spiro atoms. The number of nitrogens with zero attached hydrogens (tertiary/aromatic N) is 4. The summed E-state index contributed by atoms with van der Waals surface area (Å²) in [5.74, 6) is 0.615. The normalized spacial score (nSPS) is 12.8. The van der Waals surface area contributed by atoms with Gasteiger partial charge >= 0.3 is 0 Å². The van der Waals surface area contributed by atoms with Crippen LogP contribution in [0.1, 0.15) is 18.1 Å². The maximum atomic E-state index is 6.00. The quantitative estimate of drug-likeness (QED) is 0.764. The molecule has 2 aromatic rings. The van der Waals surface area contributed by atoms with Gasteiger partial charge in [0, 0.05) is 8.95 Å². The lowest BCUT2D eigenvalue weighted by molar-refractivity contribution is 0.758. The molecule has 0 amide bonds. The van der Waals surface area contributed by atoms with Crippen molar-refractivity contribution in [1.29, 1.82) is 0 Å². The highest BCUT2D eigenvalue weighted by Gasteiger charge is 2.15. The van der Waals surface area contributed by atoms with Crippen molar-refractivity contribution in [2.45, 2.75) is 12.3 Å². The molecule has 1 atom stereocenters. The fourth-order valence-corrected chi connectivity index (χ4v) is 2.62. The van der Waals surface area contributed by atoms with Crippen LogP contribution in [0.5, 0.6) is 0 Å². The molecule has 16 heavy (non-hydrogen) atoms. The molecule has 0 radical (unpaired) electrons. The second kappa shape index (κ2) is 4.81. The third-order valence-electron chi connectivity index (χ3n) is 1.99. The van der Waals surface area contributed by atoms with Crippen LogP contribution in [0.3, 0.4) is 0 Å². The van der Waals surface area contributed by atoms with Crippen molar-refractivity contribution >= 4 is 43.5 Å². The van der Waals surface area contributed by atoms with Crippen LogP contribution in [0.15, 0.2) is 27.1 Å². The molecule has 0 fully saturated rings. The Morgan fingerprint density at radius 1 is 1.38 bits per heavy atom. The molecule has 0 aliphatic carbocycles. The summed E-state index contributed by atoms with van der Waals surface area (Å²) >= 11 is 12.8. The van der Waals surface area contributed by atoms with Gasteiger partial charge in [0.15, 0.2) is 5.82 Å². The molecule has 0 bridgehead atoms. The van der Waals surface area contributed by atoms with Crippen LogP contribution in [0.25, 0.3) is 5.69 Å². The maximum Gasteiger partial charge on any atom is 0.174 e. The van der Waals surface area contributed by atoms with Gasteiger partial charge < -0.3 is 0 Å². The van der Waals surface area contributed by atoms with E-state index in [0.29, 0.717) is 5.82 Å². The first kappa shape index (κ1) is 12.0. The van der Waals surface area contributed by atoms with Crippen molar-refractivity contribution < 1.29 is 0 Å². The van der Waals surface area contributed by atoms with Crippen LogP contribution >= 0.6 is 43.5 Å². The second-order valence-electron chi connectivity index (χ2n) is 3.16. The minimum Gasteiger partial charge on any atom is -0.195 e. The fraction of sp³-hybridized carbons (Fsp3) is 0.222. The topological polar surface area (TPSA) is 43.6 Å². The first-order valence-electron chi connectivity index (χ1n) is 4.47. The van der Waals surface area contributed by atoms with Gasteiger partial charge in [-0.25, -0.2) is 0 Å². The van der Waals surface area contributed by atoms with Gasteiger partial charge in [-0.1, -0.05) is 15.9 Å². The molecule has 0 saturated heterocycles. The summed E-state index contributed by atoms with van der Waals surface area (Å²) in [6.45, 7) is 1.83. The molecule has 1 aromatic carbocycles. The Balaban J connectivity index is 2.54. The van der Waals surface area contributed by atoms with Crippen LogP contribution < -0.4 is 0 Å². The minimum absolute atomic E-state index is 0.245. The SMILES string of the molecule is CC(Cl)c1nnnn1-c1ccc(Br)cc1Br. The zero-order chi connectivity index (χ0) is 11.7. The Bertz CT molecular complexity index is 512. The largest absolute Gasteiger partial charge is 0.195 e. The lowest BCUT2D eigenvalue weighted by atomic mass is 10.3. The Hall–Kier alpha value is -0.460. The lowest BCUT2D eigenvalue weighted by Crippen LogP contribution is -2.04. The predicted octanol–water partition coefficient (Wildman–Crippen LogP) is 3.49. The summed E-state index contributed by atoms with van der Waals surface area (Å²) in [5.41, 5.74) is 0.857. The Labute approximate surface area is 114 Å². The average molecular weight is 366 g/mol. The monoisotopic (exact) mass is 364 g/mol. The van der Waals surface area contributed by atoms with Gasteiger partial charge in [0.25, 0.3) is 0 Å². The van der Waals surface area contributed by atoms with E-state index in [-0.39, 0.29) is 5.38 Å². The van der Waals surface area contributed by atoms with Crippen molar-refractivity contribution in [2.75, 3.05) is 0 Å². The van der Waals surface area contributed by atoms with E-state index < -0.39 is 0 Å². The van der Waals surface area contributed by atoms with Gasteiger partial charge in [0.2, 0.25) is 0 Å². The molecular weight excluding hydrogens is 359 g/mol. The number of halogens is 3. The number of rotatable bonds is 2. The first-order valence-corrected chi connectivity index (χ1v) is 6.49. The molecule has 0 aliphatic rings. The molecule has 7 heteroatoms. The van der Waals surface area contributed by atoms with Crippen molar-refractivity contribution in [3.63, 3.8) is 0 Å². The molecule has 2 rings (SSSR count). The molecule has 4 nitrogen and oxygen atoms in total. The molecule has 0 aliphatic heterocycles. The minimum atomic E-state index is -0.245. The molecule has 0 saturated carbocycles. The molecule has 0 N–H and O–H groups in total. The second-order valence-corrected chi connectivity index (χ2v) is 5.59. The third-order valence-corrected chi connectivity index (χ3v) is 3.31. The zero-order valence-corrected chi connectivity index (χ0v) is 12.2. The van der Waals surface area contributed by atoms with E-state index in [0.717, 1.165) is 14.6 Å². The molecule has 84 valence electrons. The highest BCUT2D eigenvalue weighted by molar-refractivity contribution is 9.11. The summed E-state index contributed by atoms with van der Waals surface area (Å²) in [5, 5.41) is 11.2. The number of aromatic nitrogens is 4. The van der Waals surface area contributed by atoms with E-state index in [1.807, 2.05) is 25.1 Å². The summed E-state index contributed by atoms with van der Waals surface area (Å²) < 4.78 is 3.50. The molecule has 1 aromatic heterocycles. The van der Waals surface area contributed by atoms with Crippen molar-refractivity contribution in [1.82, 2.24) is 20.2 Å². The van der Waals surface area contributed by atoms with E-state index in [9.17, 15) is 0 Å². The number of hydrogen-bond donors (Lipinski definition) is 0. The highest BCUT2D eigenvalue weighted by atomic mass is 79.9. The highest BCUT2D eigenvalue weighted by Crippen LogP contribution is 2.27. The van der Waals surface area contributed by atoms with E-state index in [1.165, 1.54) is 0 Å². The lowest BCUT2D eigenvalue weighted by Gasteiger charge is -2.07. The Kier molecular flexibility index (Phi) is 3.61. The number of tetrazole rings is 1. The summed E-state index contributed by atoms with van der Waals surface area (Å²) in [7, 11) is 0. The molecule has 1 heterocycles. The van der Waals surface area contributed by atoms with Crippen LogP contribution in [0.4, 0.5) is 0 Å². The Morgan fingerprint density at radius 2 is 2.12 bits per heavy atom. The van der Waals surface area contributed by atoms with Crippen molar-refractivity contribution in [3.8, 4) is 5.69 Å². The standard InChI is InChI=1S/C9H7Br2ClN4/c1-5(12)9-13-14-15-16(9)8-3-2-6(10)4-7(8)11/h2-5H,1H3. The molecular formula is C9H7Br2ClN4. The van der Waals surface area contributed by atoms with Crippen LogP contribution in [0.2, 0.25) is 0 Å². The third kappa shape index (κ3) is 2.28. The zero-order valence-electron chi connectivity index (χ0n) is 8.23. The number of alkyl halides is 1. The van der Waals surface area contributed by atoms with Crippen LogP contribution in [0, 0.1) is 0 Å².